The molecule has 0 aliphatic carbocycles. The Morgan fingerprint density at radius 3 is 2.22 bits per heavy atom. The lowest BCUT2D eigenvalue weighted by Crippen LogP contribution is -2.12. The van der Waals surface area contributed by atoms with Crippen LogP contribution < -0.4 is 5.32 Å². The van der Waals surface area contributed by atoms with Gasteiger partial charge in [-0.15, -0.1) is 0 Å². The first kappa shape index (κ1) is 16.9. The molecule has 0 heterocycles. The summed E-state index contributed by atoms with van der Waals surface area (Å²) < 4.78 is 0.536. The van der Waals surface area contributed by atoms with E-state index in [1.807, 2.05) is 0 Å². The van der Waals surface area contributed by atoms with Gasteiger partial charge in [-0.2, -0.15) is 0 Å². The zero-order valence-electron chi connectivity index (χ0n) is 12.5. The monoisotopic (exact) mass is 375 g/mol. The van der Waals surface area contributed by atoms with Gasteiger partial charge in [-0.05, 0) is 30.7 Å². The third kappa shape index (κ3) is 3.65. The molecule has 2 aromatic carbocycles. The molecule has 0 fully saturated rings. The Morgan fingerprint density at radius 2 is 1.65 bits per heavy atom. The van der Waals surface area contributed by atoms with Gasteiger partial charge in [-0.3, -0.25) is 9.59 Å². The molecule has 5 nitrogen and oxygen atoms in total. The summed E-state index contributed by atoms with van der Waals surface area (Å²) in [6.07, 6.45) is 0. The minimum absolute atomic E-state index is 0.0638. The summed E-state index contributed by atoms with van der Waals surface area (Å²) in [6.45, 7) is 3.18. The van der Waals surface area contributed by atoms with Crippen LogP contribution >= 0.6 is 15.9 Å². The highest BCUT2D eigenvalue weighted by Crippen LogP contribution is 2.28. The van der Waals surface area contributed by atoms with Crippen molar-refractivity contribution in [2.45, 2.75) is 13.8 Å². The van der Waals surface area contributed by atoms with Crippen molar-refractivity contribution in [3.05, 3.63) is 63.1 Å². The predicted molar refractivity (Wildman–Crippen MR) is 90.0 cm³/mol. The molecule has 0 spiro atoms. The number of halogens is 1. The highest BCUT2D eigenvalue weighted by Gasteiger charge is 2.20. The normalized spacial score (nSPS) is 10.2. The largest absolute Gasteiger partial charge is 0.478 e. The Morgan fingerprint density at radius 1 is 1.04 bits per heavy atom. The van der Waals surface area contributed by atoms with Crippen molar-refractivity contribution in [2.75, 3.05) is 5.32 Å². The van der Waals surface area contributed by atoms with Crippen molar-refractivity contribution < 1.29 is 19.5 Å². The Kier molecular flexibility index (Phi) is 4.95. The number of rotatable bonds is 4. The van der Waals surface area contributed by atoms with E-state index in [0.29, 0.717) is 10.2 Å². The molecular weight excluding hydrogens is 362 g/mol. The summed E-state index contributed by atoms with van der Waals surface area (Å²) in [7, 11) is 0. The minimum Gasteiger partial charge on any atom is -0.478 e. The molecule has 0 saturated carbocycles. The van der Waals surface area contributed by atoms with Crippen LogP contribution in [0.2, 0.25) is 0 Å². The number of hydrogen-bond donors (Lipinski definition) is 2. The Bertz CT molecular complexity index is 814. The summed E-state index contributed by atoms with van der Waals surface area (Å²) in [6, 6.07) is 9.27. The molecule has 0 saturated heterocycles. The molecule has 0 radical (unpaired) electrons. The van der Waals surface area contributed by atoms with Gasteiger partial charge >= 0.3 is 5.97 Å². The van der Waals surface area contributed by atoms with Crippen LogP contribution in [0.15, 0.2) is 40.9 Å². The number of aryl methyl sites for hydroxylation is 1. The SMILES string of the molecule is CC(=O)Nc1cc(C(=O)c2ccccc2C(=O)O)c(Br)cc1C. The number of ketones is 1. The predicted octanol–water partition coefficient (Wildman–Crippen LogP) is 3.65. The Balaban J connectivity index is 2.56. The average Bonchev–Trinajstić information content (AvgIpc) is 2.49. The van der Waals surface area contributed by atoms with Crippen molar-refractivity contribution in [3.63, 3.8) is 0 Å². The van der Waals surface area contributed by atoms with Gasteiger partial charge in [0.05, 0.1) is 5.56 Å². The smallest absolute Gasteiger partial charge is 0.336 e. The molecule has 23 heavy (non-hydrogen) atoms. The van der Waals surface area contributed by atoms with Gasteiger partial charge in [0.25, 0.3) is 0 Å². The first-order valence-corrected chi connectivity index (χ1v) is 7.55. The van der Waals surface area contributed by atoms with Crippen LogP contribution in [-0.2, 0) is 4.79 Å². The average molecular weight is 376 g/mol. The van der Waals surface area contributed by atoms with Crippen molar-refractivity contribution in [3.8, 4) is 0 Å². The fraction of sp³-hybridized carbons (Fsp3) is 0.118. The number of hydrogen-bond acceptors (Lipinski definition) is 3. The molecule has 0 aromatic heterocycles. The maximum Gasteiger partial charge on any atom is 0.336 e. The third-order valence-corrected chi connectivity index (χ3v) is 3.93. The van der Waals surface area contributed by atoms with E-state index in [9.17, 15) is 19.5 Å². The molecule has 2 aromatic rings. The minimum atomic E-state index is -1.17. The van der Waals surface area contributed by atoms with Crippen molar-refractivity contribution >= 4 is 39.3 Å². The van der Waals surface area contributed by atoms with Gasteiger partial charge < -0.3 is 10.4 Å². The molecule has 6 heteroatoms. The highest BCUT2D eigenvalue weighted by atomic mass is 79.9. The first-order chi connectivity index (χ1) is 10.8. The number of carboxylic acids is 1. The van der Waals surface area contributed by atoms with E-state index < -0.39 is 11.8 Å². The number of carboxylic acid groups (broad SMARTS) is 1. The number of carbonyl (C=O) groups excluding carboxylic acids is 2. The molecule has 2 rings (SSSR count). The van der Waals surface area contributed by atoms with Crippen molar-refractivity contribution in [2.24, 2.45) is 0 Å². The van der Waals surface area contributed by atoms with Crippen LogP contribution in [0.1, 0.15) is 38.8 Å². The summed E-state index contributed by atoms with van der Waals surface area (Å²) in [5.74, 6) is -1.85. The molecule has 0 unspecified atom stereocenters. The number of nitrogens with one attached hydrogen (secondary N) is 1. The van der Waals surface area contributed by atoms with Crippen LogP contribution in [0.3, 0.4) is 0 Å². The number of anilines is 1. The van der Waals surface area contributed by atoms with Gasteiger partial charge in [-0.1, -0.05) is 34.1 Å². The van der Waals surface area contributed by atoms with E-state index in [-0.39, 0.29) is 22.6 Å². The quantitative estimate of drug-likeness (QED) is 0.798. The number of carbonyl (C=O) groups is 3. The lowest BCUT2D eigenvalue weighted by molar-refractivity contribution is -0.114. The summed E-state index contributed by atoms with van der Waals surface area (Å²) in [5.41, 5.74) is 1.62. The van der Waals surface area contributed by atoms with E-state index in [2.05, 4.69) is 21.2 Å². The van der Waals surface area contributed by atoms with Gasteiger partial charge in [-0.25, -0.2) is 4.79 Å². The van der Waals surface area contributed by atoms with Gasteiger partial charge in [0, 0.05) is 28.2 Å². The second-order valence-corrected chi connectivity index (χ2v) is 5.86. The summed E-state index contributed by atoms with van der Waals surface area (Å²) in [4.78, 5) is 35.3. The Hall–Kier alpha value is -2.47. The summed E-state index contributed by atoms with van der Waals surface area (Å²) >= 11 is 3.33. The molecule has 0 atom stereocenters. The Labute approximate surface area is 141 Å². The standard InChI is InChI=1S/C17H14BrNO4/c1-9-7-14(18)13(8-15(9)19-10(2)20)16(21)11-5-3-4-6-12(11)17(22)23/h3-8H,1-2H3,(H,19,20)(H,22,23). The third-order valence-electron chi connectivity index (χ3n) is 3.27. The summed E-state index contributed by atoms with van der Waals surface area (Å²) in [5, 5.41) is 11.9. The maximum absolute atomic E-state index is 12.7. The fourth-order valence-corrected chi connectivity index (χ4v) is 2.82. The highest BCUT2D eigenvalue weighted by molar-refractivity contribution is 9.10. The van der Waals surface area contributed by atoms with Crippen LogP contribution in [0.25, 0.3) is 0 Å². The van der Waals surface area contributed by atoms with E-state index in [1.54, 1.807) is 31.2 Å². The molecule has 118 valence electrons. The van der Waals surface area contributed by atoms with Gasteiger partial charge in [0.15, 0.2) is 5.78 Å². The molecular formula is C17H14BrNO4. The molecule has 2 N–H and O–H groups in total. The molecule has 1 amide bonds. The zero-order chi connectivity index (χ0) is 17.1. The first-order valence-electron chi connectivity index (χ1n) is 6.76. The second kappa shape index (κ2) is 6.75. The van der Waals surface area contributed by atoms with E-state index in [0.717, 1.165) is 5.56 Å². The van der Waals surface area contributed by atoms with Gasteiger partial charge in [0.2, 0.25) is 5.91 Å². The van der Waals surface area contributed by atoms with Crippen LogP contribution in [0, 0.1) is 6.92 Å². The maximum atomic E-state index is 12.7. The number of amides is 1. The van der Waals surface area contributed by atoms with E-state index in [4.69, 9.17) is 0 Å². The van der Waals surface area contributed by atoms with E-state index in [1.165, 1.54) is 19.1 Å². The molecule has 0 bridgehead atoms. The van der Waals surface area contributed by atoms with Crippen LogP contribution in [-0.4, -0.2) is 22.8 Å². The van der Waals surface area contributed by atoms with E-state index >= 15 is 0 Å². The zero-order valence-corrected chi connectivity index (χ0v) is 14.1. The van der Waals surface area contributed by atoms with Crippen molar-refractivity contribution in [1.29, 1.82) is 0 Å². The fourth-order valence-electron chi connectivity index (χ4n) is 2.18. The number of benzene rings is 2. The van der Waals surface area contributed by atoms with Crippen LogP contribution in [0.5, 0.6) is 0 Å². The number of aromatic carboxylic acids is 1. The molecule has 0 aliphatic rings. The van der Waals surface area contributed by atoms with Crippen molar-refractivity contribution in [1.82, 2.24) is 0 Å². The topological polar surface area (TPSA) is 83.5 Å². The molecule has 0 aliphatic heterocycles. The lowest BCUT2D eigenvalue weighted by atomic mass is 9.97. The lowest BCUT2D eigenvalue weighted by Gasteiger charge is -2.12. The van der Waals surface area contributed by atoms with Gasteiger partial charge in [0.1, 0.15) is 0 Å². The van der Waals surface area contributed by atoms with Crippen LogP contribution in [0.4, 0.5) is 5.69 Å². The second-order valence-electron chi connectivity index (χ2n) is 5.01.